The quantitative estimate of drug-likeness (QED) is 0.443. The number of aliphatic hydroxyl groups is 1. The molecule has 2 N–H and O–H groups in total. The maximum Gasteiger partial charge on any atom is 0.313 e. The summed E-state index contributed by atoms with van der Waals surface area (Å²) in [5, 5.41) is 18.6. The van der Waals surface area contributed by atoms with E-state index in [4.69, 9.17) is 5.21 Å². The second-order valence-corrected chi connectivity index (χ2v) is 3.38. The number of hydrogen-bond donors (Lipinski definition) is 2. The standard InChI is InChI=1S/C11H13NO4/c1-12(16)11(15)10(14)7-9(13)8-5-3-2-4-6-8/h2-6,9,13,16H,7H2,1H3. The molecule has 5 heteroatoms. The Morgan fingerprint density at radius 1 is 1.31 bits per heavy atom. The zero-order chi connectivity index (χ0) is 12.1. The number of carbonyl (C=O) groups is 2. The van der Waals surface area contributed by atoms with E-state index >= 15 is 0 Å². The van der Waals surface area contributed by atoms with Gasteiger partial charge in [-0.1, -0.05) is 30.3 Å². The molecule has 1 rings (SSSR count). The van der Waals surface area contributed by atoms with Crippen LogP contribution in [0.1, 0.15) is 18.1 Å². The summed E-state index contributed by atoms with van der Waals surface area (Å²) in [6.45, 7) is 0. The van der Waals surface area contributed by atoms with Gasteiger partial charge in [-0.25, -0.2) is 5.06 Å². The van der Waals surface area contributed by atoms with E-state index in [1.165, 1.54) is 0 Å². The Morgan fingerprint density at radius 3 is 2.38 bits per heavy atom. The topological polar surface area (TPSA) is 77.8 Å². The minimum Gasteiger partial charge on any atom is -0.388 e. The lowest BCUT2D eigenvalue weighted by Crippen LogP contribution is -2.31. The van der Waals surface area contributed by atoms with E-state index < -0.39 is 17.8 Å². The van der Waals surface area contributed by atoms with Gasteiger partial charge in [0.1, 0.15) is 0 Å². The first-order valence-electron chi connectivity index (χ1n) is 4.75. The number of carbonyl (C=O) groups excluding carboxylic acids is 2. The molecule has 0 bridgehead atoms. The second-order valence-electron chi connectivity index (χ2n) is 3.38. The molecule has 1 aromatic carbocycles. The van der Waals surface area contributed by atoms with Crippen molar-refractivity contribution in [2.24, 2.45) is 0 Å². The van der Waals surface area contributed by atoms with Crippen LogP contribution in [0.2, 0.25) is 0 Å². The molecule has 0 radical (unpaired) electrons. The lowest BCUT2D eigenvalue weighted by Gasteiger charge is -2.11. The van der Waals surface area contributed by atoms with Crippen molar-refractivity contribution in [1.29, 1.82) is 0 Å². The molecule has 0 fully saturated rings. The van der Waals surface area contributed by atoms with Crippen LogP contribution in [-0.4, -0.2) is 34.1 Å². The van der Waals surface area contributed by atoms with Crippen LogP contribution >= 0.6 is 0 Å². The Bertz CT molecular complexity index is 375. The summed E-state index contributed by atoms with van der Waals surface area (Å²) in [6.07, 6.45) is -1.37. The molecule has 1 unspecified atom stereocenters. The van der Waals surface area contributed by atoms with Crippen LogP contribution in [0.15, 0.2) is 30.3 Å². The molecule has 0 spiro atoms. The maximum absolute atomic E-state index is 11.3. The number of benzene rings is 1. The Hall–Kier alpha value is -1.72. The van der Waals surface area contributed by atoms with Crippen LogP contribution in [0.3, 0.4) is 0 Å². The van der Waals surface area contributed by atoms with Crippen LogP contribution < -0.4 is 0 Å². The van der Waals surface area contributed by atoms with Gasteiger partial charge in [0, 0.05) is 13.5 Å². The third kappa shape index (κ3) is 3.15. The molecule has 0 saturated carbocycles. The fraction of sp³-hybridized carbons (Fsp3) is 0.273. The van der Waals surface area contributed by atoms with Crippen LogP contribution in [0.25, 0.3) is 0 Å². The highest BCUT2D eigenvalue weighted by molar-refractivity contribution is 6.35. The molecule has 0 aliphatic heterocycles. The molecule has 1 amide bonds. The van der Waals surface area contributed by atoms with E-state index in [0.29, 0.717) is 5.56 Å². The van der Waals surface area contributed by atoms with Crippen molar-refractivity contribution in [1.82, 2.24) is 5.06 Å². The largest absolute Gasteiger partial charge is 0.388 e. The van der Waals surface area contributed by atoms with Crippen LogP contribution in [0, 0.1) is 0 Å². The molecule has 16 heavy (non-hydrogen) atoms. The van der Waals surface area contributed by atoms with Gasteiger partial charge in [0.25, 0.3) is 0 Å². The lowest BCUT2D eigenvalue weighted by molar-refractivity contribution is -0.166. The number of rotatable bonds is 4. The van der Waals surface area contributed by atoms with E-state index in [0.717, 1.165) is 7.05 Å². The van der Waals surface area contributed by atoms with Crippen molar-refractivity contribution in [3.63, 3.8) is 0 Å². The molecule has 0 aromatic heterocycles. The number of ketones is 1. The van der Waals surface area contributed by atoms with Crippen molar-refractivity contribution in [3.05, 3.63) is 35.9 Å². The summed E-state index contributed by atoms with van der Waals surface area (Å²) >= 11 is 0. The Labute approximate surface area is 92.9 Å². The van der Waals surface area contributed by atoms with Crippen molar-refractivity contribution >= 4 is 11.7 Å². The number of aliphatic hydroxyl groups excluding tert-OH is 1. The first kappa shape index (κ1) is 12.4. The molecule has 1 atom stereocenters. The van der Waals surface area contributed by atoms with Gasteiger partial charge in [-0.3, -0.25) is 14.8 Å². The Balaban J connectivity index is 2.62. The normalized spacial score (nSPS) is 11.9. The van der Waals surface area contributed by atoms with Crippen molar-refractivity contribution in [3.8, 4) is 0 Å². The summed E-state index contributed by atoms with van der Waals surface area (Å²) in [5.41, 5.74) is 0.559. The van der Waals surface area contributed by atoms with Gasteiger partial charge in [-0.15, -0.1) is 0 Å². The van der Waals surface area contributed by atoms with E-state index in [9.17, 15) is 14.7 Å². The van der Waals surface area contributed by atoms with E-state index in [-0.39, 0.29) is 11.5 Å². The predicted octanol–water partition coefficient (Wildman–Crippen LogP) is 0.527. The van der Waals surface area contributed by atoms with E-state index in [1.807, 2.05) is 0 Å². The first-order chi connectivity index (χ1) is 7.52. The van der Waals surface area contributed by atoms with E-state index in [2.05, 4.69) is 0 Å². The summed E-state index contributed by atoms with van der Waals surface area (Å²) < 4.78 is 0. The molecular formula is C11H13NO4. The molecular weight excluding hydrogens is 210 g/mol. The Morgan fingerprint density at radius 2 is 1.88 bits per heavy atom. The van der Waals surface area contributed by atoms with Crippen LogP contribution in [-0.2, 0) is 9.59 Å². The molecule has 1 aromatic rings. The fourth-order valence-corrected chi connectivity index (χ4v) is 1.24. The Kier molecular flexibility index (Phi) is 4.16. The van der Waals surface area contributed by atoms with Crippen molar-refractivity contribution < 1.29 is 19.9 Å². The molecule has 5 nitrogen and oxygen atoms in total. The highest BCUT2D eigenvalue weighted by atomic mass is 16.5. The number of nitrogens with zero attached hydrogens (tertiary/aromatic N) is 1. The average Bonchev–Trinajstić information content (AvgIpc) is 2.28. The molecule has 0 saturated heterocycles. The molecule has 0 aliphatic rings. The number of amides is 1. The van der Waals surface area contributed by atoms with Crippen molar-refractivity contribution in [2.45, 2.75) is 12.5 Å². The zero-order valence-electron chi connectivity index (χ0n) is 8.83. The summed E-state index contributed by atoms with van der Waals surface area (Å²) in [7, 11) is 1.06. The third-order valence-corrected chi connectivity index (χ3v) is 2.10. The van der Waals surface area contributed by atoms with E-state index in [1.54, 1.807) is 30.3 Å². The number of likely N-dealkylation sites (N-methyl/N-ethyl adjacent to an activating group) is 1. The molecule has 0 heterocycles. The van der Waals surface area contributed by atoms with Crippen molar-refractivity contribution in [2.75, 3.05) is 7.05 Å². The summed E-state index contributed by atoms with van der Waals surface area (Å²) in [5.74, 6) is -1.86. The monoisotopic (exact) mass is 223 g/mol. The number of hydrogen-bond acceptors (Lipinski definition) is 4. The van der Waals surface area contributed by atoms with Gasteiger partial charge >= 0.3 is 5.91 Å². The van der Waals surface area contributed by atoms with Gasteiger partial charge in [0.15, 0.2) is 0 Å². The zero-order valence-corrected chi connectivity index (χ0v) is 8.83. The third-order valence-electron chi connectivity index (χ3n) is 2.10. The second kappa shape index (κ2) is 5.39. The van der Waals surface area contributed by atoms with Gasteiger partial charge < -0.3 is 5.11 Å². The van der Waals surface area contributed by atoms with Gasteiger partial charge in [0.2, 0.25) is 5.78 Å². The van der Waals surface area contributed by atoms with Crippen LogP contribution in [0.5, 0.6) is 0 Å². The molecule has 86 valence electrons. The SMILES string of the molecule is CN(O)C(=O)C(=O)CC(O)c1ccccc1. The fourth-order valence-electron chi connectivity index (χ4n) is 1.24. The number of Topliss-reactive ketones (excluding diaryl/α,β-unsaturated/α-hetero) is 1. The minimum atomic E-state index is -1.03. The average molecular weight is 223 g/mol. The smallest absolute Gasteiger partial charge is 0.313 e. The predicted molar refractivity (Wildman–Crippen MR) is 55.6 cm³/mol. The summed E-state index contributed by atoms with van der Waals surface area (Å²) in [4.78, 5) is 22.3. The highest BCUT2D eigenvalue weighted by Crippen LogP contribution is 2.16. The van der Waals surface area contributed by atoms with Crippen LogP contribution in [0.4, 0.5) is 0 Å². The minimum absolute atomic E-state index is 0.208. The number of hydroxylamine groups is 2. The first-order valence-corrected chi connectivity index (χ1v) is 4.75. The lowest BCUT2D eigenvalue weighted by atomic mass is 10.0. The maximum atomic E-state index is 11.3. The molecule has 0 aliphatic carbocycles. The summed E-state index contributed by atoms with van der Waals surface area (Å²) in [6, 6.07) is 8.55. The van der Waals surface area contributed by atoms with Gasteiger partial charge in [-0.05, 0) is 5.56 Å². The van der Waals surface area contributed by atoms with Gasteiger partial charge in [-0.2, -0.15) is 0 Å². The van der Waals surface area contributed by atoms with Gasteiger partial charge in [0.05, 0.1) is 6.10 Å². The highest BCUT2D eigenvalue weighted by Gasteiger charge is 2.21.